The Hall–Kier alpha value is -9.94. The van der Waals surface area contributed by atoms with Gasteiger partial charge >= 0.3 is 12.1 Å². The van der Waals surface area contributed by atoms with Crippen molar-refractivity contribution in [3.05, 3.63) is 102 Å². The van der Waals surface area contributed by atoms with Crippen LogP contribution in [0.4, 0.5) is 4.79 Å². The number of pyridine rings is 1. The summed E-state index contributed by atoms with van der Waals surface area (Å²) >= 11 is 0. The maximum absolute atomic E-state index is 15.8. The van der Waals surface area contributed by atoms with Gasteiger partial charge in [0.25, 0.3) is 0 Å². The topological polar surface area (TPSA) is 560 Å². The molecule has 1 aromatic heterocycles. The fourth-order valence-corrected chi connectivity index (χ4v) is 10.8. The average molecular weight is 1480 g/mol. The smallest absolute Gasteiger partial charge is 0.408 e. The summed E-state index contributed by atoms with van der Waals surface area (Å²) in [5.41, 5.74) is 16.8. The molecular formula is C70H106N16O19. The molecule has 3 aromatic rings. The highest BCUT2D eigenvalue weighted by Crippen LogP contribution is 2.28. The Morgan fingerprint density at radius 3 is 1.88 bits per heavy atom. The number of aliphatic imine (C=N–C) groups is 1. The minimum absolute atomic E-state index is 0.0162. The minimum atomic E-state index is -2.52. The number of nitrogens with one attached hydrogen (secondary N) is 11. The zero-order chi connectivity index (χ0) is 78.4. The van der Waals surface area contributed by atoms with Gasteiger partial charge in [0.15, 0.2) is 18.2 Å². The Kier molecular flexibility index (Phi) is 35.6. The molecule has 16 atom stereocenters. The van der Waals surface area contributed by atoms with Crippen molar-refractivity contribution in [2.45, 2.75) is 212 Å². The number of hydrogen-bond acceptors (Lipinski definition) is 22. The van der Waals surface area contributed by atoms with Gasteiger partial charge in [-0.1, -0.05) is 142 Å². The molecule has 35 nitrogen and oxygen atoms in total. The van der Waals surface area contributed by atoms with Crippen LogP contribution >= 0.6 is 0 Å². The van der Waals surface area contributed by atoms with E-state index in [0.29, 0.717) is 17.5 Å². The summed E-state index contributed by atoms with van der Waals surface area (Å²) in [5, 5.41) is 83.7. The van der Waals surface area contributed by atoms with Crippen molar-refractivity contribution in [3.8, 4) is 0 Å². The molecule has 0 bridgehead atoms. The van der Waals surface area contributed by atoms with Gasteiger partial charge in [-0.25, -0.2) is 4.79 Å². The molecule has 35 heteroatoms. The fraction of sp³-hybridized carbons (Fsp3) is 0.571. The van der Waals surface area contributed by atoms with Gasteiger partial charge in [0.1, 0.15) is 73.3 Å². The van der Waals surface area contributed by atoms with E-state index in [2.05, 4.69) is 68.5 Å². The van der Waals surface area contributed by atoms with Gasteiger partial charge < -0.3 is 105 Å². The van der Waals surface area contributed by atoms with Crippen LogP contribution in [0.15, 0.2) is 90.2 Å². The van der Waals surface area contributed by atoms with Crippen LogP contribution in [0.3, 0.4) is 0 Å². The lowest BCUT2D eigenvalue weighted by Gasteiger charge is -2.34. The standard InChI is InChI=1S/C70H106N16O19/c1-11-38(7)49-63(98)84-50(39(8)88)62(97)76-33-48(89)82-52(55(91)57(71)92)65(100)80-47(34-87)67(102)105-56(42-24-17-14-18-25-42)53(66(101)85-51(54(90)37(5)6)64(99)79-44(29-36(3)4)59(94)77-43(58(93)83-49)26-20-28-75-68(72)73)86-60(95)45(30-41-23-19-27-74-32-41)78-61(96)46(31-70(9,10)12-2)81-69(103)104-35-40-21-15-13-16-22-40/h13-19,21-25,27,32,36-39,43-47,49-56,65,80,87-88,90-91,100H,11-12,20,26,28-31,33-35H2,1-10H3,(H2,71,92)(H,76,97)(H,77,94)(H,78,96)(H,79,99)(H,81,103)(H,82,89)(H,83,93)(H,84,98)(H,85,101)(H,86,95)(H4,72,73,75)/t38-,39-,43+,44-,45-,46+,47-,49-,50-,51-,52-,53-,54+,55-,56+,65?/m0/s1. The number of cyclic esters (lactones) is 1. The van der Waals surface area contributed by atoms with Crippen molar-refractivity contribution in [2.24, 2.45) is 45.4 Å². The third kappa shape index (κ3) is 28.6. The number of carbonyl (C=O) groups is 12. The third-order valence-electron chi connectivity index (χ3n) is 17.5. The zero-order valence-electron chi connectivity index (χ0n) is 60.8. The predicted molar refractivity (Wildman–Crippen MR) is 380 cm³/mol. The molecule has 0 radical (unpaired) electrons. The van der Waals surface area contributed by atoms with Crippen molar-refractivity contribution in [1.29, 1.82) is 0 Å². The van der Waals surface area contributed by atoms with Crippen LogP contribution in [0.1, 0.15) is 131 Å². The second kappa shape index (κ2) is 42.7. The first kappa shape index (κ1) is 87.5. The second-order valence-electron chi connectivity index (χ2n) is 27.4. The van der Waals surface area contributed by atoms with Crippen LogP contribution in [0, 0.1) is 23.2 Å². The van der Waals surface area contributed by atoms with Gasteiger partial charge in [-0.3, -0.25) is 68.0 Å². The predicted octanol–water partition coefficient (Wildman–Crippen LogP) is -3.30. The van der Waals surface area contributed by atoms with Crippen molar-refractivity contribution >= 4 is 77.1 Å². The van der Waals surface area contributed by atoms with E-state index < -0.39 is 205 Å². The lowest BCUT2D eigenvalue weighted by molar-refractivity contribution is -0.159. The number of hydrogen-bond donors (Lipinski definition) is 19. The molecule has 22 N–H and O–H groups in total. The SMILES string of the molecule is CC[C@H](C)[C@@H]1NC(=O)[C@@H](CCCN=C(N)N)NC(=O)[C@H](CC(C)C)NC(=O)[C@H]([C@H](O)C(C)C)NC(=O)[C@@H](NC(=O)[C@H](Cc2cccnc2)NC(=O)[C@@H](CC(C)(C)CC)NC(=O)OCc2ccccc2)[C@@H](c2ccccc2)OC(=O)[C@H](CO)NC(O)[C@H]([C@H](O)C(N)=O)NC(=O)CNC(=O)[C@H]([C@H](C)O)NC1=O. The zero-order valence-corrected chi connectivity index (χ0v) is 60.8. The number of ether oxygens (including phenoxy) is 2. The highest BCUT2D eigenvalue weighted by atomic mass is 16.6. The number of nitrogens with zero attached hydrogens (tertiary/aromatic N) is 2. The average Bonchev–Trinajstić information content (AvgIpc) is 0.811. The third-order valence-corrected chi connectivity index (χ3v) is 17.5. The van der Waals surface area contributed by atoms with Crippen molar-refractivity contribution in [1.82, 2.24) is 63.5 Å². The minimum Gasteiger partial charge on any atom is -0.453 e. The number of benzene rings is 2. The summed E-state index contributed by atoms with van der Waals surface area (Å²) in [4.78, 5) is 182. The van der Waals surface area contributed by atoms with Gasteiger partial charge in [-0.05, 0) is 78.5 Å². The van der Waals surface area contributed by atoms with Gasteiger partial charge in [-0.15, -0.1) is 0 Å². The molecule has 4 rings (SSSR count). The summed E-state index contributed by atoms with van der Waals surface area (Å²) < 4.78 is 11.6. The van der Waals surface area contributed by atoms with Crippen LogP contribution in [0.2, 0.25) is 0 Å². The highest BCUT2D eigenvalue weighted by molar-refractivity contribution is 5.99. The van der Waals surface area contributed by atoms with E-state index in [1.807, 2.05) is 20.8 Å². The molecule has 2 aromatic carbocycles. The quantitative estimate of drug-likeness (QED) is 0.0154. The van der Waals surface area contributed by atoms with Gasteiger partial charge in [0, 0.05) is 25.4 Å². The van der Waals surface area contributed by atoms with Gasteiger partial charge in [-0.2, -0.15) is 0 Å². The molecule has 2 heterocycles. The maximum atomic E-state index is 15.8. The number of amides is 11. The van der Waals surface area contributed by atoms with Crippen molar-refractivity contribution in [2.75, 3.05) is 19.7 Å². The molecule has 0 aliphatic carbocycles. The number of nitrogens with two attached hydrogens (primary N) is 3. The van der Waals surface area contributed by atoms with E-state index in [9.17, 15) is 68.7 Å². The van der Waals surface area contributed by atoms with Crippen LogP contribution < -0.4 is 75.7 Å². The van der Waals surface area contributed by atoms with E-state index in [1.54, 1.807) is 64.1 Å². The fourth-order valence-electron chi connectivity index (χ4n) is 10.8. The summed E-state index contributed by atoms with van der Waals surface area (Å²) in [6.07, 6.45) is -8.94. The monoisotopic (exact) mass is 1470 g/mol. The maximum Gasteiger partial charge on any atom is 0.408 e. The number of aliphatic hydroxyl groups is 5. The number of aromatic nitrogens is 1. The van der Waals surface area contributed by atoms with Crippen LogP contribution in [0.25, 0.3) is 0 Å². The molecule has 1 fully saturated rings. The van der Waals surface area contributed by atoms with E-state index >= 15 is 14.4 Å². The number of aliphatic hydroxyl groups excluding tert-OH is 5. The Morgan fingerprint density at radius 1 is 0.705 bits per heavy atom. The molecule has 1 unspecified atom stereocenters. The molecule has 1 aliphatic heterocycles. The summed E-state index contributed by atoms with van der Waals surface area (Å²) in [6, 6.07) is 0.274. The Labute approximate surface area is 609 Å². The second-order valence-corrected chi connectivity index (χ2v) is 27.4. The Bertz CT molecular complexity index is 3410. The van der Waals surface area contributed by atoms with Crippen LogP contribution in [-0.4, -0.2) is 212 Å². The lowest BCUT2D eigenvalue weighted by Crippen LogP contribution is -2.64. The Morgan fingerprint density at radius 2 is 1.30 bits per heavy atom. The van der Waals surface area contributed by atoms with Gasteiger partial charge in [0.05, 0.1) is 25.4 Å². The van der Waals surface area contributed by atoms with E-state index in [1.165, 1.54) is 62.6 Å². The number of carbonyl (C=O) groups excluding carboxylic acids is 12. The molecular weight excluding hydrogens is 1370 g/mol. The van der Waals surface area contributed by atoms with E-state index in [4.69, 9.17) is 26.7 Å². The first-order valence-electron chi connectivity index (χ1n) is 34.8. The summed E-state index contributed by atoms with van der Waals surface area (Å²) in [6.45, 7) is 13.6. The van der Waals surface area contributed by atoms with Crippen LogP contribution in [0.5, 0.6) is 0 Å². The molecule has 1 aliphatic rings. The van der Waals surface area contributed by atoms with Crippen molar-refractivity contribution in [3.63, 3.8) is 0 Å². The summed E-state index contributed by atoms with van der Waals surface area (Å²) in [7, 11) is 0. The van der Waals surface area contributed by atoms with Crippen LogP contribution in [-0.2, 0) is 75.2 Å². The normalized spacial score (nSPS) is 23.5. The molecule has 0 saturated carbocycles. The van der Waals surface area contributed by atoms with E-state index in [-0.39, 0.29) is 56.8 Å². The molecule has 580 valence electrons. The molecule has 0 spiro atoms. The molecule has 105 heavy (non-hydrogen) atoms. The number of alkyl carbamates (subject to hydrolysis) is 1. The molecule has 1 saturated heterocycles. The highest BCUT2D eigenvalue weighted by Gasteiger charge is 2.44. The first-order valence-corrected chi connectivity index (χ1v) is 34.8. The Balaban J connectivity index is 2.03. The lowest BCUT2D eigenvalue weighted by atomic mass is 9.83. The largest absolute Gasteiger partial charge is 0.453 e. The number of guanidine groups is 1. The van der Waals surface area contributed by atoms with Gasteiger partial charge in [0.2, 0.25) is 59.1 Å². The first-order chi connectivity index (χ1) is 49.5. The van der Waals surface area contributed by atoms with E-state index in [0.717, 1.165) is 6.92 Å². The van der Waals surface area contributed by atoms with Crippen molar-refractivity contribution < 1.29 is 92.5 Å². The summed E-state index contributed by atoms with van der Waals surface area (Å²) in [5.74, 6) is -15.8. The number of esters is 1. The number of rotatable bonds is 27. The number of primary amides is 1. The molecule has 11 amide bonds.